The maximum atomic E-state index is 12.1. The maximum absolute atomic E-state index is 12.1. The number of hydrogen-bond donors (Lipinski definition) is 1. The Morgan fingerprint density at radius 3 is 2.74 bits per heavy atom. The van der Waals surface area contributed by atoms with Crippen LogP contribution in [0.3, 0.4) is 0 Å². The van der Waals surface area contributed by atoms with Crippen molar-refractivity contribution in [2.75, 3.05) is 5.32 Å². The van der Waals surface area contributed by atoms with Gasteiger partial charge in [0.2, 0.25) is 0 Å². The Balaban J connectivity index is 2.23. The monoisotopic (exact) mass is 314 g/mol. The van der Waals surface area contributed by atoms with E-state index in [4.69, 9.17) is 5.26 Å². The number of benzene rings is 2. The minimum Gasteiger partial charge on any atom is -0.322 e. The molecule has 0 heterocycles. The zero-order chi connectivity index (χ0) is 13.8. The molecule has 94 valence electrons. The van der Waals surface area contributed by atoms with Crippen LogP contribution < -0.4 is 5.32 Å². The molecule has 0 saturated carbocycles. The van der Waals surface area contributed by atoms with Crippen LogP contribution in [0.5, 0.6) is 0 Å². The van der Waals surface area contributed by atoms with Gasteiger partial charge in [-0.15, -0.1) is 0 Å². The van der Waals surface area contributed by atoms with Gasteiger partial charge >= 0.3 is 0 Å². The van der Waals surface area contributed by atoms with Crippen LogP contribution >= 0.6 is 15.9 Å². The number of rotatable bonds is 2. The Morgan fingerprint density at radius 1 is 1.26 bits per heavy atom. The Hall–Kier alpha value is -2.12. The van der Waals surface area contributed by atoms with Gasteiger partial charge in [-0.05, 0) is 48.9 Å². The van der Waals surface area contributed by atoms with Crippen LogP contribution in [-0.4, -0.2) is 5.91 Å². The molecule has 1 amide bonds. The van der Waals surface area contributed by atoms with E-state index >= 15 is 0 Å². The molecule has 1 N–H and O–H groups in total. The van der Waals surface area contributed by atoms with Gasteiger partial charge in [-0.2, -0.15) is 5.26 Å². The van der Waals surface area contributed by atoms with E-state index in [-0.39, 0.29) is 5.91 Å². The lowest BCUT2D eigenvalue weighted by Gasteiger charge is -2.07. The highest BCUT2D eigenvalue weighted by atomic mass is 79.9. The predicted octanol–water partition coefficient (Wildman–Crippen LogP) is 3.88. The number of amides is 1. The van der Waals surface area contributed by atoms with Crippen LogP contribution in [0.15, 0.2) is 46.9 Å². The fourth-order valence-corrected chi connectivity index (χ4v) is 2.35. The third kappa shape index (κ3) is 3.43. The standard InChI is InChI=1S/C15H11BrN2O/c1-10-5-13(16)8-14(6-10)18-15(19)12-4-2-3-11(7-12)9-17/h2-8H,1H3,(H,18,19). The average Bonchev–Trinajstić information content (AvgIpc) is 2.37. The molecule has 0 aliphatic rings. The topological polar surface area (TPSA) is 52.9 Å². The van der Waals surface area contributed by atoms with Crippen LogP contribution in [-0.2, 0) is 0 Å². The summed E-state index contributed by atoms with van der Waals surface area (Å²) in [6, 6.07) is 14.3. The summed E-state index contributed by atoms with van der Waals surface area (Å²) in [5.41, 5.74) is 2.71. The van der Waals surface area contributed by atoms with Gasteiger partial charge in [0.25, 0.3) is 5.91 Å². The number of carbonyl (C=O) groups is 1. The van der Waals surface area contributed by atoms with E-state index in [0.29, 0.717) is 11.1 Å². The molecule has 2 rings (SSSR count). The van der Waals surface area contributed by atoms with Crippen LogP contribution in [0.2, 0.25) is 0 Å². The number of carbonyl (C=O) groups excluding carboxylic acids is 1. The highest BCUT2D eigenvalue weighted by molar-refractivity contribution is 9.10. The van der Waals surface area contributed by atoms with Crippen molar-refractivity contribution in [1.29, 1.82) is 5.26 Å². The molecule has 0 fully saturated rings. The summed E-state index contributed by atoms with van der Waals surface area (Å²) < 4.78 is 0.911. The summed E-state index contributed by atoms with van der Waals surface area (Å²) in [5.74, 6) is -0.227. The molecule has 0 aliphatic carbocycles. The number of nitrogens with zero attached hydrogens (tertiary/aromatic N) is 1. The Labute approximate surface area is 120 Å². The van der Waals surface area contributed by atoms with E-state index in [1.54, 1.807) is 24.3 Å². The number of aryl methyl sites for hydroxylation is 1. The fourth-order valence-electron chi connectivity index (χ4n) is 1.74. The first-order valence-electron chi connectivity index (χ1n) is 5.67. The summed E-state index contributed by atoms with van der Waals surface area (Å²) in [6.07, 6.45) is 0. The molecule has 3 nitrogen and oxygen atoms in total. The summed E-state index contributed by atoms with van der Waals surface area (Å²) in [4.78, 5) is 12.1. The molecule has 4 heteroatoms. The minimum atomic E-state index is -0.227. The number of nitrogens with one attached hydrogen (secondary N) is 1. The van der Waals surface area contributed by atoms with Crippen molar-refractivity contribution < 1.29 is 4.79 Å². The summed E-state index contributed by atoms with van der Waals surface area (Å²) in [5, 5.41) is 11.6. The largest absolute Gasteiger partial charge is 0.322 e. The SMILES string of the molecule is Cc1cc(Br)cc(NC(=O)c2cccc(C#N)c2)c1. The number of nitriles is 1. The molecule has 2 aromatic carbocycles. The van der Waals surface area contributed by atoms with Crippen LogP contribution in [0.25, 0.3) is 0 Å². The van der Waals surface area contributed by atoms with Crippen molar-refractivity contribution in [2.24, 2.45) is 0 Å². The van der Waals surface area contributed by atoms with Gasteiger partial charge in [-0.25, -0.2) is 0 Å². The molecule has 0 atom stereocenters. The molecular formula is C15H11BrN2O. The van der Waals surface area contributed by atoms with E-state index in [9.17, 15) is 4.79 Å². The normalized spacial score (nSPS) is 9.74. The first-order chi connectivity index (χ1) is 9.08. The van der Waals surface area contributed by atoms with Gasteiger partial charge in [0.05, 0.1) is 11.6 Å². The lowest BCUT2D eigenvalue weighted by Crippen LogP contribution is -2.12. The van der Waals surface area contributed by atoms with Crippen molar-refractivity contribution >= 4 is 27.5 Å². The molecule has 0 unspecified atom stereocenters. The second-order valence-electron chi connectivity index (χ2n) is 4.16. The highest BCUT2D eigenvalue weighted by Crippen LogP contribution is 2.19. The minimum absolute atomic E-state index is 0.227. The number of halogens is 1. The summed E-state index contributed by atoms with van der Waals surface area (Å²) in [6.45, 7) is 1.96. The fraction of sp³-hybridized carbons (Fsp3) is 0.0667. The van der Waals surface area contributed by atoms with Gasteiger partial charge in [0.1, 0.15) is 0 Å². The quantitative estimate of drug-likeness (QED) is 0.914. The van der Waals surface area contributed by atoms with Crippen molar-refractivity contribution in [3.8, 4) is 6.07 Å². The molecule has 19 heavy (non-hydrogen) atoms. The summed E-state index contributed by atoms with van der Waals surface area (Å²) >= 11 is 3.39. The van der Waals surface area contributed by atoms with Crippen LogP contribution in [0.1, 0.15) is 21.5 Å². The molecule has 0 bridgehead atoms. The zero-order valence-corrected chi connectivity index (χ0v) is 11.9. The molecule has 2 aromatic rings. The van der Waals surface area contributed by atoms with Gasteiger partial charge in [-0.1, -0.05) is 22.0 Å². The molecule has 0 spiro atoms. The summed E-state index contributed by atoms with van der Waals surface area (Å²) in [7, 11) is 0. The first-order valence-corrected chi connectivity index (χ1v) is 6.46. The van der Waals surface area contributed by atoms with Gasteiger partial charge in [-0.3, -0.25) is 4.79 Å². The Morgan fingerprint density at radius 2 is 2.05 bits per heavy atom. The van der Waals surface area contributed by atoms with E-state index in [1.807, 2.05) is 31.2 Å². The van der Waals surface area contributed by atoms with E-state index < -0.39 is 0 Å². The lowest BCUT2D eigenvalue weighted by atomic mass is 10.1. The van der Waals surface area contributed by atoms with Crippen LogP contribution in [0, 0.1) is 18.3 Å². The third-order valence-corrected chi connectivity index (χ3v) is 3.01. The first kappa shape index (κ1) is 13.3. The van der Waals surface area contributed by atoms with E-state index in [2.05, 4.69) is 21.2 Å². The molecule has 0 saturated heterocycles. The van der Waals surface area contributed by atoms with Crippen LogP contribution in [0.4, 0.5) is 5.69 Å². The smallest absolute Gasteiger partial charge is 0.255 e. The zero-order valence-electron chi connectivity index (χ0n) is 10.3. The Bertz CT molecular complexity index is 654. The van der Waals surface area contributed by atoms with Gasteiger partial charge < -0.3 is 5.32 Å². The van der Waals surface area contributed by atoms with Gasteiger partial charge in [0, 0.05) is 15.7 Å². The second-order valence-corrected chi connectivity index (χ2v) is 5.08. The average molecular weight is 315 g/mol. The van der Waals surface area contributed by atoms with Crippen molar-refractivity contribution in [3.63, 3.8) is 0 Å². The van der Waals surface area contributed by atoms with Gasteiger partial charge in [0.15, 0.2) is 0 Å². The maximum Gasteiger partial charge on any atom is 0.255 e. The molecule has 0 radical (unpaired) electrons. The number of anilines is 1. The van der Waals surface area contributed by atoms with E-state index in [1.165, 1.54) is 0 Å². The predicted molar refractivity (Wildman–Crippen MR) is 78.0 cm³/mol. The van der Waals surface area contributed by atoms with E-state index in [0.717, 1.165) is 15.7 Å². The lowest BCUT2D eigenvalue weighted by molar-refractivity contribution is 0.102. The molecule has 0 aliphatic heterocycles. The molecule has 0 aromatic heterocycles. The Kier molecular flexibility index (Phi) is 3.98. The number of hydrogen-bond acceptors (Lipinski definition) is 2. The van der Waals surface area contributed by atoms with Crippen molar-refractivity contribution in [2.45, 2.75) is 6.92 Å². The second kappa shape index (κ2) is 5.68. The van der Waals surface area contributed by atoms with Crippen molar-refractivity contribution in [1.82, 2.24) is 0 Å². The van der Waals surface area contributed by atoms with Crippen molar-refractivity contribution in [3.05, 3.63) is 63.6 Å². The third-order valence-electron chi connectivity index (χ3n) is 2.55. The highest BCUT2D eigenvalue weighted by Gasteiger charge is 2.07. The molecular weight excluding hydrogens is 304 g/mol.